The van der Waals surface area contributed by atoms with E-state index < -0.39 is 0 Å². The number of rotatable bonds is 3. The Morgan fingerprint density at radius 2 is 2.09 bits per heavy atom. The van der Waals surface area contributed by atoms with Crippen molar-refractivity contribution in [1.29, 1.82) is 0 Å². The molecule has 2 atom stereocenters. The summed E-state index contributed by atoms with van der Waals surface area (Å²) in [6.07, 6.45) is 0.366. The largest absolute Gasteiger partial charge is 0.494 e. The fourth-order valence-electron chi connectivity index (χ4n) is 3.43. The number of likely N-dealkylation sites (N-methyl/N-ethyl adjacent to an activating group) is 1. The van der Waals surface area contributed by atoms with Gasteiger partial charge in [0.2, 0.25) is 0 Å². The molecule has 0 aromatic heterocycles. The molecule has 122 valence electrons. The summed E-state index contributed by atoms with van der Waals surface area (Å²) in [5.41, 5.74) is 2.24. The molecule has 0 saturated carbocycles. The molecule has 1 aromatic rings. The summed E-state index contributed by atoms with van der Waals surface area (Å²) in [5.74, 6) is 0.164. The number of hydrogen-bond acceptors (Lipinski definition) is 6. The summed E-state index contributed by atoms with van der Waals surface area (Å²) < 4.78 is 10.8. The third-order valence-corrected chi connectivity index (χ3v) is 4.51. The fourth-order valence-corrected chi connectivity index (χ4v) is 3.43. The lowest BCUT2D eigenvalue weighted by molar-refractivity contribution is 0.0312. The molecule has 0 aliphatic carbocycles. The third-order valence-electron chi connectivity index (χ3n) is 4.51. The van der Waals surface area contributed by atoms with E-state index in [0.717, 1.165) is 5.57 Å². The number of nitroso groups, excluding NO2 is 1. The minimum atomic E-state index is -0.327. The first-order valence-electron chi connectivity index (χ1n) is 7.30. The zero-order valence-corrected chi connectivity index (χ0v) is 13.4. The van der Waals surface area contributed by atoms with Gasteiger partial charge in [0, 0.05) is 20.7 Å². The summed E-state index contributed by atoms with van der Waals surface area (Å²) in [6, 6.07) is 3.03. The molecule has 0 bridgehead atoms. The highest BCUT2D eigenvalue weighted by Crippen LogP contribution is 2.41. The van der Waals surface area contributed by atoms with Gasteiger partial charge in [0.15, 0.2) is 11.9 Å². The van der Waals surface area contributed by atoms with Crippen LogP contribution in [0.5, 0.6) is 5.75 Å². The van der Waals surface area contributed by atoms with Gasteiger partial charge in [-0.2, -0.15) is 0 Å². The Hall–Kier alpha value is -2.41. The minimum absolute atomic E-state index is 0.115. The van der Waals surface area contributed by atoms with Crippen LogP contribution >= 0.6 is 0 Å². The average Bonchev–Trinajstić information content (AvgIpc) is 2.91. The van der Waals surface area contributed by atoms with Crippen molar-refractivity contribution in [3.63, 3.8) is 0 Å². The highest BCUT2D eigenvalue weighted by molar-refractivity contribution is 6.02. The van der Waals surface area contributed by atoms with Crippen molar-refractivity contribution in [2.24, 2.45) is 5.18 Å². The van der Waals surface area contributed by atoms with Gasteiger partial charge in [-0.15, -0.1) is 4.91 Å². The van der Waals surface area contributed by atoms with Crippen molar-refractivity contribution in [3.05, 3.63) is 34.8 Å². The Balaban J connectivity index is 2.19. The monoisotopic (exact) mass is 317 g/mol. The molecular formula is C16H19N3O4. The normalized spacial score (nSPS) is 23.4. The predicted molar refractivity (Wildman–Crippen MR) is 86.2 cm³/mol. The zero-order valence-electron chi connectivity index (χ0n) is 13.4. The summed E-state index contributed by atoms with van der Waals surface area (Å²) in [5, 5.41) is 2.99. The number of nitrogens with zero attached hydrogens (tertiary/aromatic N) is 3. The Morgan fingerprint density at radius 1 is 1.35 bits per heavy atom. The molecule has 3 rings (SSSR count). The van der Waals surface area contributed by atoms with E-state index in [1.807, 2.05) is 11.9 Å². The van der Waals surface area contributed by atoms with E-state index in [9.17, 15) is 9.70 Å². The molecule has 2 heterocycles. The number of amides is 1. The molecule has 7 nitrogen and oxygen atoms in total. The first-order valence-corrected chi connectivity index (χ1v) is 7.30. The summed E-state index contributed by atoms with van der Waals surface area (Å²) in [7, 11) is 4.89. The molecule has 1 aromatic carbocycles. The number of carbonyl (C=O) groups is 1. The molecule has 2 aliphatic heterocycles. The Morgan fingerprint density at radius 3 is 2.70 bits per heavy atom. The molecule has 7 heteroatoms. The Kier molecular flexibility index (Phi) is 3.81. The second kappa shape index (κ2) is 5.66. The van der Waals surface area contributed by atoms with Crippen molar-refractivity contribution >= 4 is 17.3 Å². The van der Waals surface area contributed by atoms with Crippen molar-refractivity contribution in [3.8, 4) is 5.75 Å². The van der Waals surface area contributed by atoms with Crippen LogP contribution in [0.3, 0.4) is 0 Å². The highest BCUT2D eigenvalue weighted by Gasteiger charge is 2.43. The van der Waals surface area contributed by atoms with Gasteiger partial charge in [-0.05, 0) is 23.7 Å². The van der Waals surface area contributed by atoms with E-state index in [4.69, 9.17) is 9.47 Å². The van der Waals surface area contributed by atoms with Crippen LogP contribution in [0.2, 0.25) is 0 Å². The van der Waals surface area contributed by atoms with E-state index in [1.165, 1.54) is 7.11 Å². The van der Waals surface area contributed by atoms with Crippen LogP contribution in [0.25, 0.3) is 0 Å². The summed E-state index contributed by atoms with van der Waals surface area (Å²) in [6.45, 7) is 4.51. The van der Waals surface area contributed by atoms with Crippen molar-refractivity contribution in [1.82, 2.24) is 4.90 Å². The molecule has 0 spiro atoms. The maximum atomic E-state index is 13.0. The molecule has 2 unspecified atom stereocenters. The van der Waals surface area contributed by atoms with Gasteiger partial charge in [0.1, 0.15) is 5.75 Å². The minimum Gasteiger partial charge on any atom is -0.494 e. The maximum Gasteiger partial charge on any atom is 0.256 e. The van der Waals surface area contributed by atoms with E-state index in [1.54, 1.807) is 24.1 Å². The highest BCUT2D eigenvalue weighted by atomic mass is 16.5. The molecule has 0 radical (unpaired) electrons. The first kappa shape index (κ1) is 15.5. The van der Waals surface area contributed by atoms with Crippen molar-refractivity contribution < 1.29 is 14.3 Å². The van der Waals surface area contributed by atoms with E-state index in [0.29, 0.717) is 24.2 Å². The number of benzene rings is 1. The third kappa shape index (κ3) is 2.28. The standard InChI is InChI=1S/C16H19N3O4/c1-9-5-13-16(23-4)18(2)12-7-11(17-21)14(22-3)6-10(12)15(20)19(13)8-9/h6-7,13,16H,1,5,8H2,2-4H3. The van der Waals surface area contributed by atoms with Gasteiger partial charge in [-0.25, -0.2) is 0 Å². The van der Waals surface area contributed by atoms with E-state index in [2.05, 4.69) is 11.8 Å². The topological polar surface area (TPSA) is 71.4 Å². The number of fused-ring (bicyclic) bond motifs is 2. The Labute approximate surface area is 134 Å². The van der Waals surface area contributed by atoms with Crippen LogP contribution in [0.4, 0.5) is 11.4 Å². The van der Waals surface area contributed by atoms with Crippen LogP contribution in [-0.2, 0) is 4.74 Å². The maximum absolute atomic E-state index is 13.0. The lowest BCUT2D eigenvalue weighted by Crippen LogP contribution is -2.48. The van der Waals surface area contributed by atoms with Gasteiger partial charge in [-0.3, -0.25) is 4.79 Å². The van der Waals surface area contributed by atoms with Crippen LogP contribution in [-0.4, -0.2) is 50.9 Å². The van der Waals surface area contributed by atoms with E-state index in [-0.39, 0.29) is 29.6 Å². The van der Waals surface area contributed by atoms with Crippen LogP contribution in [0.15, 0.2) is 29.5 Å². The van der Waals surface area contributed by atoms with Gasteiger partial charge in [-0.1, -0.05) is 12.2 Å². The van der Waals surface area contributed by atoms with Gasteiger partial charge < -0.3 is 19.3 Å². The number of ether oxygens (including phenoxy) is 2. The van der Waals surface area contributed by atoms with Gasteiger partial charge in [0.25, 0.3) is 5.91 Å². The van der Waals surface area contributed by atoms with Crippen LogP contribution < -0.4 is 9.64 Å². The number of anilines is 1. The van der Waals surface area contributed by atoms with Gasteiger partial charge in [0.05, 0.1) is 24.4 Å². The van der Waals surface area contributed by atoms with Crippen molar-refractivity contribution in [2.75, 3.05) is 32.7 Å². The molecule has 2 aliphatic rings. The summed E-state index contributed by atoms with van der Waals surface area (Å²) >= 11 is 0. The molecule has 1 saturated heterocycles. The van der Waals surface area contributed by atoms with Crippen LogP contribution in [0, 0.1) is 4.91 Å². The fraction of sp³-hybridized carbons (Fsp3) is 0.438. The molecule has 0 N–H and O–H groups in total. The Bertz CT molecular complexity index is 688. The molecular weight excluding hydrogens is 298 g/mol. The quantitative estimate of drug-likeness (QED) is 0.632. The molecule has 1 fully saturated rings. The summed E-state index contributed by atoms with van der Waals surface area (Å²) in [4.78, 5) is 27.7. The van der Waals surface area contributed by atoms with Gasteiger partial charge >= 0.3 is 0 Å². The van der Waals surface area contributed by atoms with Crippen molar-refractivity contribution in [2.45, 2.75) is 18.7 Å². The smallest absolute Gasteiger partial charge is 0.256 e. The molecule has 1 amide bonds. The lowest BCUT2D eigenvalue weighted by Gasteiger charge is -2.33. The second-order valence-electron chi connectivity index (χ2n) is 5.82. The first-order chi connectivity index (χ1) is 11.0. The van der Waals surface area contributed by atoms with E-state index >= 15 is 0 Å². The average molecular weight is 317 g/mol. The number of hydrogen-bond donors (Lipinski definition) is 0. The predicted octanol–water partition coefficient (Wildman–Crippen LogP) is 2.29. The lowest BCUT2D eigenvalue weighted by atomic mass is 10.1. The number of carbonyl (C=O) groups excluding carboxylic acids is 1. The second-order valence-corrected chi connectivity index (χ2v) is 5.82. The van der Waals surface area contributed by atoms with Crippen LogP contribution in [0.1, 0.15) is 16.8 Å². The SMILES string of the molecule is C=C1CC2C(OC)N(C)c3cc(N=O)c(OC)cc3C(=O)N2C1. The zero-order chi connectivity index (χ0) is 16.7. The number of methoxy groups -OCH3 is 2. The molecule has 23 heavy (non-hydrogen) atoms.